The van der Waals surface area contributed by atoms with Gasteiger partial charge in [-0.25, -0.2) is 0 Å². The van der Waals surface area contributed by atoms with Gasteiger partial charge in [-0.1, -0.05) is 23.7 Å². The molecule has 1 aromatic rings. The number of likely N-dealkylation sites (N-methyl/N-ethyl adjacent to an activating group) is 1. The number of nitrogens with zero attached hydrogens (tertiary/aromatic N) is 2. The van der Waals surface area contributed by atoms with Gasteiger partial charge in [0.1, 0.15) is 5.60 Å². The first-order valence-electron chi connectivity index (χ1n) is 9.88. The van der Waals surface area contributed by atoms with Gasteiger partial charge in [0.05, 0.1) is 31.3 Å². The van der Waals surface area contributed by atoms with Gasteiger partial charge in [0.25, 0.3) is 0 Å². The number of hydrogen-bond acceptors (Lipinski definition) is 4. The van der Waals surface area contributed by atoms with Gasteiger partial charge in [0.2, 0.25) is 5.91 Å². The van der Waals surface area contributed by atoms with Crippen molar-refractivity contribution in [3.63, 3.8) is 0 Å². The van der Waals surface area contributed by atoms with Crippen molar-refractivity contribution in [3.05, 3.63) is 34.9 Å². The molecule has 27 heavy (non-hydrogen) atoms. The third-order valence-electron chi connectivity index (χ3n) is 6.08. The minimum atomic E-state index is -0.405. The Labute approximate surface area is 166 Å². The molecule has 1 aliphatic carbocycles. The van der Waals surface area contributed by atoms with Crippen molar-refractivity contribution < 1.29 is 14.3 Å². The standard InChI is InChI=1S/C21H29ClN2O3/c1-23(2)13-18-6-7-20(27-18)14-24(10-11-26-15-20)19(25)21(8-9-21)16-4-3-5-17(22)12-16/h3-5,12,18H,6-11,13-15H2,1-2H3. The Balaban J connectivity index is 1.51. The van der Waals surface area contributed by atoms with Crippen LogP contribution in [0.2, 0.25) is 5.02 Å². The summed E-state index contributed by atoms with van der Waals surface area (Å²) >= 11 is 6.18. The van der Waals surface area contributed by atoms with Crippen molar-refractivity contribution in [3.8, 4) is 0 Å². The lowest BCUT2D eigenvalue weighted by molar-refractivity contribution is -0.139. The SMILES string of the molecule is CN(C)CC1CCC2(COCCN(C(=O)C3(c4cccc(Cl)c4)CC3)C2)O1. The Morgan fingerprint density at radius 3 is 2.85 bits per heavy atom. The maximum atomic E-state index is 13.5. The molecule has 5 nitrogen and oxygen atoms in total. The summed E-state index contributed by atoms with van der Waals surface area (Å²) in [6, 6.07) is 7.76. The van der Waals surface area contributed by atoms with E-state index in [2.05, 4.69) is 19.0 Å². The van der Waals surface area contributed by atoms with Crippen LogP contribution in [-0.2, 0) is 19.7 Å². The molecule has 2 heterocycles. The number of rotatable bonds is 4. The first kappa shape index (κ1) is 19.2. The molecule has 0 N–H and O–H groups in total. The van der Waals surface area contributed by atoms with Gasteiger partial charge in [-0.3, -0.25) is 4.79 Å². The Kier molecular flexibility index (Phi) is 5.23. The smallest absolute Gasteiger partial charge is 0.233 e. The topological polar surface area (TPSA) is 42.0 Å². The number of carbonyl (C=O) groups excluding carboxylic acids is 1. The molecular formula is C21H29ClN2O3. The summed E-state index contributed by atoms with van der Waals surface area (Å²) in [5.74, 6) is 0.203. The molecule has 2 saturated heterocycles. The Morgan fingerprint density at radius 1 is 1.33 bits per heavy atom. The third kappa shape index (κ3) is 3.88. The third-order valence-corrected chi connectivity index (χ3v) is 6.32. The van der Waals surface area contributed by atoms with E-state index in [1.54, 1.807) is 0 Å². The lowest BCUT2D eigenvalue weighted by Gasteiger charge is -2.34. The zero-order valence-corrected chi connectivity index (χ0v) is 17.0. The normalized spacial score (nSPS) is 29.9. The molecular weight excluding hydrogens is 364 g/mol. The van der Waals surface area contributed by atoms with Crippen LogP contribution in [0, 0.1) is 0 Å². The second-order valence-electron chi connectivity index (χ2n) is 8.60. The molecule has 1 amide bonds. The van der Waals surface area contributed by atoms with Gasteiger partial charge in [-0.2, -0.15) is 0 Å². The van der Waals surface area contributed by atoms with E-state index in [4.69, 9.17) is 21.1 Å². The second-order valence-corrected chi connectivity index (χ2v) is 9.03. The predicted octanol–water partition coefficient (Wildman–Crippen LogP) is 2.71. The van der Waals surface area contributed by atoms with Crippen LogP contribution in [0.5, 0.6) is 0 Å². The van der Waals surface area contributed by atoms with Gasteiger partial charge in [-0.15, -0.1) is 0 Å². The van der Waals surface area contributed by atoms with Crippen LogP contribution in [0.25, 0.3) is 0 Å². The number of halogens is 1. The van der Waals surface area contributed by atoms with E-state index in [1.165, 1.54) is 0 Å². The fourth-order valence-corrected chi connectivity index (χ4v) is 4.76. The van der Waals surface area contributed by atoms with Crippen LogP contribution in [0.15, 0.2) is 24.3 Å². The van der Waals surface area contributed by atoms with Crippen molar-refractivity contribution in [2.24, 2.45) is 0 Å². The van der Waals surface area contributed by atoms with Crippen LogP contribution >= 0.6 is 11.6 Å². The lowest BCUT2D eigenvalue weighted by Crippen LogP contribution is -2.49. The summed E-state index contributed by atoms with van der Waals surface area (Å²) in [5.41, 5.74) is 0.270. The van der Waals surface area contributed by atoms with E-state index in [-0.39, 0.29) is 17.6 Å². The number of hydrogen-bond donors (Lipinski definition) is 0. The molecule has 1 aromatic carbocycles. The number of benzene rings is 1. The van der Waals surface area contributed by atoms with E-state index in [9.17, 15) is 4.79 Å². The summed E-state index contributed by atoms with van der Waals surface area (Å²) in [6.45, 7) is 3.30. The molecule has 3 fully saturated rings. The van der Waals surface area contributed by atoms with Gasteiger partial charge >= 0.3 is 0 Å². The minimum absolute atomic E-state index is 0.203. The zero-order chi connectivity index (χ0) is 19.1. The molecule has 3 aliphatic rings. The lowest BCUT2D eigenvalue weighted by atomic mass is 9.93. The molecule has 2 aliphatic heterocycles. The molecule has 0 aromatic heterocycles. The highest BCUT2D eigenvalue weighted by atomic mass is 35.5. The summed E-state index contributed by atoms with van der Waals surface area (Å²) in [6.07, 6.45) is 3.95. The summed E-state index contributed by atoms with van der Waals surface area (Å²) in [7, 11) is 4.13. The fourth-order valence-electron chi connectivity index (χ4n) is 4.57. The van der Waals surface area contributed by atoms with Crippen LogP contribution < -0.4 is 0 Å². The van der Waals surface area contributed by atoms with Crippen LogP contribution in [-0.4, -0.2) is 74.4 Å². The quantitative estimate of drug-likeness (QED) is 0.790. The summed E-state index contributed by atoms with van der Waals surface area (Å²) < 4.78 is 12.3. The first-order chi connectivity index (χ1) is 12.9. The Morgan fingerprint density at radius 2 is 2.15 bits per heavy atom. The zero-order valence-electron chi connectivity index (χ0n) is 16.2. The van der Waals surface area contributed by atoms with Gasteiger partial charge in [-0.05, 0) is 57.5 Å². The largest absolute Gasteiger partial charge is 0.377 e. The second kappa shape index (κ2) is 7.36. The van der Waals surface area contributed by atoms with Crippen molar-refractivity contribution in [2.75, 3.05) is 46.9 Å². The average Bonchev–Trinajstić information content (AvgIpc) is 3.37. The number of amides is 1. The van der Waals surface area contributed by atoms with Crippen molar-refractivity contribution in [1.29, 1.82) is 0 Å². The highest BCUT2D eigenvalue weighted by Crippen LogP contribution is 2.50. The molecule has 6 heteroatoms. The maximum absolute atomic E-state index is 13.5. The van der Waals surface area contributed by atoms with Crippen molar-refractivity contribution in [2.45, 2.75) is 42.8 Å². The van der Waals surface area contributed by atoms with Crippen LogP contribution in [0.4, 0.5) is 0 Å². The maximum Gasteiger partial charge on any atom is 0.233 e. The molecule has 2 unspecified atom stereocenters. The summed E-state index contributed by atoms with van der Waals surface area (Å²) in [4.78, 5) is 17.7. The molecule has 4 rings (SSSR count). The minimum Gasteiger partial charge on any atom is -0.377 e. The van der Waals surface area contributed by atoms with Crippen LogP contribution in [0.3, 0.4) is 0 Å². The fraction of sp³-hybridized carbons (Fsp3) is 0.667. The summed E-state index contributed by atoms with van der Waals surface area (Å²) in [5, 5.41) is 0.688. The van der Waals surface area contributed by atoms with Gasteiger partial charge < -0.3 is 19.3 Å². The molecule has 148 valence electrons. The Bertz CT molecular complexity index is 706. The van der Waals surface area contributed by atoms with Gasteiger partial charge in [0, 0.05) is 18.1 Å². The molecule has 1 spiro atoms. The first-order valence-corrected chi connectivity index (χ1v) is 10.3. The average molecular weight is 393 g/mol. The van der Waals surface area contributed by atoms with E-state index in [0.717, 1.165) is 37.8 Å². The van der Waals surface area contributed by atoms with Crippen molar-refractivity contribution >= 4 is 17.5 Å². The van der Waals surface area contributed by atoms with E-state index in [1.807, 2.05) is 29.2 Å². The molecule has 0 bridgehead atoms. The highest BCUT2D eigenvalue weighted by molar-refractivity contribution is 6.30. The van der Waals surface area contributed by atoms with E-state index in [0.29, 0.717) is 31.3 Å². The van der Waals surface area contributed by atoms with Crippen LogP contribution in [0.1, 0.15) is 31.2 Å². The van der Waals surface area contributed by atoms with E-state index < -0.39 is 5.41 Å². The highest BCUT2D eigenvalue weighted by Gasteiger charge is 2.55. The molecule has 2 atom stereocenters. The predicted molar refractivity (Wildman–Crippen MR) is 105 cm³/mol. The monoisotopic (exact) mass is 392 g/mol. The van der Waals surface area contributed by atoms with Crippen molar-refractivity contribution in [1.82, 2.24) is 9.80 Å². The Hall–Kier alpha value is -1.14. The number of ether oxygens (including phenoxy) is 2. The van der Waals surface area contributed by atoms with E-state index >= 15 is 0 Å². The number of carbonyl (C=O) groups is 1. The molecule has 0 radical (unpaired) electrons. The molecule has 1 saturated carbocycles. The van der Waals surface area contributed by atoms with Gasteiger partial charge in [0.15, 0.2) is 0 Å².